The van der Waals surface area contributed by atoms with E-state index in [1.165, 1.54) is 0 Å². The predicted octanol–water partition coefficient (Wildman–Crippen LogP) is 2.85. The molecule has 3 heterocycles. The molecular formula is C22H29N5O2. The third-order valence-corrected chi connectivity index (χ3v) is 5.15. The zero-order chi connectivity index (χ0) is 20.4. The molecule has 2 aliphatic rings. The molecule has 7 nitrogen and oxygen atoms in total. The molecule has 0 saturated carbocycles. The quantitative estimate of drug-likeness (QED) is 0.847. The van der Waals surface area contributed by atoms with E-state index in [0.717, 1.165) is 48.0 Å². The fraction of sp³-hybridized carbons (Fsp3) is 0.500. The monoisotopic (exact) mass is 395 g/mol. The Morgan fingerprint density at radius 1 is 1.07 bits per heavy atom. The van der Waals surface area contributed by atoms with Crippen LogP contribution in [0.1, 0.15) is 32.0 Å². The normalized spacial score (nSPS) is 17.1. The number of rotatable bonds is 2. The van der Waals surface area contributed by atoms with E-state index >= 15 is 0 Å². The number of hydrogen-bond donors (Lipinski definition) is 1. The number of nitrogens with zero attached hydrogens (tertiary/aromatic N) is 4. The summed E-state index contributed by atoms with van der Waals surface area (Å²) in [7, 11) is 0. The molecule has 2 aliphatic heterocycles. The molecule has 29 heavy (non-hydrogen) atoms. The number of morpholine rings is 1. The van der Waals surface area contributed by atoms with Crippen LogP contribution in [-0.2, 0) is 17.7 Å². The Labute approximate surface area is 172 Å². The minimum absolute atomic E-state index is 0.0387. The summed E-state index contributed by atoms with van der Waals surface area (Å²) in [5.41, 5.74) is 2.85. The molecule has 2 aromatic rings. The molecule has 4 rings (SSSR count). The lowest BCUT2D eigenvalue weighted by atomic mass is 10.0. The van der Waals surface area contributed by atoms with Crippen LogP contribution in [-0.4, -0.2) is 59.3 Å². The molecule has 0 radical (unpaired) electrons. The number of amides is 2. The van der Waals surface area contributed by atoms with Crippen LogP contribution in [0.3, 0.4) is 0 Å². The highest BCUT2D eigenvalue weighted by Crippen LogP contribution is 2.30. The van der Waals surface area contributed by atoms with Crippen molar-refractivity contribution in [1.29, 1.82) is 0 Å². The SMILES string of the molecule is CC(C)(C)NC(=O)N1CCc2nc(-c3ccccc3)nc(N3CCOCC3)c2C1. The fourth-order valence-electron chi connectivity index (χ4n) is 3.72. The van der Waals surface area contributed by atoms with E-state index in [2.05, 4.69) is 10.2 Å². The third kappa shape index (κ3) is 4.50. The topological polar surface area (TPSA) is 70.6 Å². The Bertz CT molecular complexity index is 873. The van der Waals surface area contributed by atoms with E-state index in [1.54, 1.807) is 0 Å². The van der Waals surface area contributed by atoms with E-state index in [1.807, 2.05) is 56.0 Å². The molecule has 1 fully saturated rings. The first kappa shape index (κ1) is 19.6. The molecule has 154 valence electrons. The van der Waals surface area contributed by atoms with Crippen LogP contribution >= 0.6 is 0 Å². The number of carbonyl (C=O) groups is 1. The number of aromatic nitrogens is 2. The summed E-state index contributed by atoms with van der Waals surface area (Å²) in [6.07, 6.45) is 0.729. The average molecular weight is 396 g/mol. The summed E-state index contributed by atoms with van der Waals surface area (Å²) in [5.74, 6) is 1.68. The summed E-state index contributed by atoms with van der Waals surface area (Å²) in [4.78, 5) is 26.7. The number of urea groups is 1. The Morgan fingerprint density at radius 2 is 1.79 bits per heavy atom. The van der Waals surface area contributed by atoms with Crippen molar-refractivity contribution in [1.82, 2.24) is 20.2 Å². The minimum Gasteiger partial charge on any atom is -0.378 e. The fourth-order valence-corrected chi connectivity index (χ4v) is 3.72. The molecule has 0 atom stereocenters. The number of fused-ring (bicyclic) bond motifs is 1. The largest absolute Gasteiger partial charge is 0.378 e. The second-order valence-corrected chi connectivity index (χ2v) is 8.61. The summed E-state index contributed by atoms with van der Waals surface area (Å²) in [5, 5.41) is 3.07. The lowest BCUT2D eigenvalue weighted by Gasteiger charge is -2.35. The minimum atomic E-state index is -0.266. The van der Waals surface area contributed by atoms with Gasteiger partial charge in [0.1, 0.15) is 5.82 Å². The van der Waals surface area contributed by atoms with Crippen LogP contribution in [0, 0.1) is 0 Å². The molecule has 1 N–H and O–H groups in total. The first-order valence-electron chi connectivity index (χ1n) is 10.3. The Balaban J connectivity index is 1.69. The van der Waals surface area contributed by atoms with Gasteiger partial charge in [-0.05, 0) is 20.8 Å². The van der Waals surface area contributed by atoms with Crippen molar-refractivity contribution in [2.75, 3.05) is 37.7 Å². The lowest BCUT2D eigenvalue weighted by Crippen LogP contribution is -2.50. The molecule has 1 aromatic heterocycles. The van der Waals surface area contributed by atoms with Crippen LogP contribution in [0.25, 0.3) is 11.4 Å². The van der Waals surface area contributed by atoms with E-state index in [-0.39, 0.29) is 11.6 Å². The third-order valence-electron chi connectivity index (χ3n) is 5.15. The molecule has 0 spiro atoms. The highest BCUT2D eigenvalue weighted by atomic mass is 16.5. The Morgan fingerprint density at radius 3 is 2.48 bits per heavy atom. The van der Waals surface area contributed by atoms with Gasteiger partial charge in [-0.2, -0.15) is 0 Å². The van der Waals surface area contributed by atoms with Gasteiger partial charge in [0.15, 0.2) is 5.82 Å². The zero-order valence-electron chi connectivity index (χ0n) is 17.4. The Hall–Kier alpha value is -2.67. The van der Waals surface area contributed by atoms with Crippen molar-refractivity contribution >= 4 is 11.8 Å². The number of anilines is 1. The number of hydrogen-bond acceptors (Lipinski definition) is 5. The standard InChI is InChI=1S/C22H29N5O2/c1-22(2,3)25-21(28)27-10-9-18-17(15-27)20(26-11-13-29-14-12-26)24-19(23-18)16-7-5-4-6-8-16/h4-8H,9-15H2,1-3H3,(H,25,28). The summed E-state index contributed by atoms with van der Waals surface area (Å²) < 4.78 is 5.53. The maximum atomic E-state index is 12.7. The van der Waals surface area contributed by atoms with Gasteiger partial charge in [0, 0.05) is 42.7 Å². The summed E-state index contributed by atoms with van der Waals surface area (Å²) >= 11 is 0. The first-order chi connectivity index (χ1) is 13.9. The molecular weight excluding hydrogens is 366 g/mol. The van der Waals surface area contributed by atoms with Crippen molar-refractivity contribution in [3.63, 3.8) is 0 Å². The van der Waals surface area contributed by atoms with Gasteiger partial charge in [-0.3, -0.25) is 0 Å². The second kappa shape index (κ2) is 7.99. The van der Waals surface area contributed by atoms with Gasteiger partial charge in [0.05, 0.1) is 25.5 Å². The van der Waals surface area contributed by atoms with Gasteiger partial charge in [-0.15, -0.1) is 0 Å². The van der Waals surface area contributed by atoms with Crippen molar-refractivity contribution < 1.29 is 9.53 Å². The van der Waals surface area contributed by atoms with Crippen LogP contribution in [0.15, 0.2) is 30.3 Å². The summed E-state index contributed by atoms with van der Waals surface area (Å²) in [6.45, 7) is 10.1. The van der Waals surface area contributed by atoms with E-state index < -0.39 is 0 Å². The molecule has 0 unspecified atom stereocenters. The average Bonchev–Trinajstić information content (AvgIpc) is 2.72. The van der Waals surface area contributed by atoms with Crippen molar-refractivity contribution in [3.8, 4) is 11.4 Å². The van der Waals surface area contributed by atoms with Gasteiger partial charge >= 0.3 is 6.03 Å². The van der Waals surface area contributed by atoms with Gasteiger partial charge in [0.25, 0.3) is 0 Å². The Kier molecular flexibility index (Phi) is 5.41. The molecule has 1 saturated heterocycles. The second-order valence-electron chi connectivity index (χ2n) is 8.61. The van der Waals surface area contributed by atoms with Crippen LogP contribution in [0.2, 0.25) is 0 Å². The molecule has 0 bridgehead atoms. The summed E-state index contributed by atoms with van der Waals surface area (Å²) in [6, 6.07) is 10.0. The van der Waals surface area contributed by atoms with Gasteiger partial charge in [-0.25, -0.2) is 14.8 Å². The molecule has 7 heteroatoms. The van der Waals surface area contributed by atoms with Crippen molar-refractivity contribution in [2.24, 2.45) is 0 Å². The van der Waals surface area contributed by atoms with Crippen molar-refractivity contribution in [3.05, 3.63) is 41.6 Å². The highest BCUT2D eigenvalue weighted by Gasteiger charge is 2.29. The maximum absolute atomic E-state index is 12.7. The number of carbonyl (C=O) groups excluding carboxylic acids is 1. The highest BCUT2D eigenvalue weighted by molar-refractivity contribution is 5.76. The number of benzene rings is 1. The molecule has 1 aromatic carbocycles. The lowest BCUT2D eigenvalue weighted by molar-refractivity contribution is 0.122. The number of ether oxygens (including phenoxy) is 1. The van der Waals surface area contributed by atoms with Crippen molar-refractivity contribution in [2.45, 2.75) is 39.3 Å². The first-order valence-corrected chi connectivity index (χ1v) is 10.3. The van der Waals surface area contributed by atoms with E-state index in [0.29, 0.717) is 26.3 Å². The van der Waals surface area contributed by atoms with Gasteiger partial charge in [0.2, 0.25) is 0 Å². The van der Waals surface area contributed by atoms with Crippen LogP contribution in [0.5, 0.6) is 0 Å². The van der Waals surface area contributed by atoms with E-state index in [9.17, 15) is 4.79 Å². The maximum Gasteiger partial charge on any atom is 0.318 e. The van der Waals surface area contributed by atoms with Crippen LogP contribution < -0.4 is 10.2 Å². The number of nitrogens with one attached hydrogen (secondary N) is 1. The smallest absolute Gasteiger partial charge is 0.318 e. The molecule has 2 amide bonds. The van der Waals surface area contributed by atoms with E-state index in [4.69, 9.17) is 14.7 Å². The predicted molar refractivity (Wildman–Crippen MR) is 113 cm³/mol. The van der Waals surface area contributed by atoms with Gasteiger partial charge < -0.3 is 19.9 Å². The zero-order valence-corrected chi connectivity index (χ0v) is 17.4. The molecule has 0 aliphatic carbocycles. The van der Waals surface area contributed by atoms with Gasteiger partial charge in [-0.1, -0.05) is 30.3 Å². The van der Waals surface area contributed by atoms with Crippen LogP contribution in [0.4, 0.5) is 10.6 Å².